The molecule has 0 saturated heterocycles. The Hall–Kier alpha value is -3.27. The fourth-order valence-corrected chi connectivity index (χ4v) is 2.99. The molecule has 0 aromatic heterocycles. The van der Waals surface area contributed by atoms with Crippen molar-refractivity contribution < 1.29 is 19.4 Å². The van der Waals surface area contributed by atoms with Crippen LogP contribution in [0.2, 0.25) is 0 Å². The van der Waals surface area contributed by atoms with Crippen molar-refractivity contribution in [2.45, 2.75) is 13.8 Å². The van der Waals surface area contributed by atoms with Crippen molar-refractivity contribution in [3.63, 3.8) is 0 Å². The van der Waals surface area contributed by atoms with Crippen molar-refractivity contribution in [1.82, 2.24) is 0 Å². The number of carboxylic acid groups (broad SMARTS) is 1. The molecule has 0 spiro atoms. The number of hydrogen-bond acceptors (Lipinski definition) is 3. The molecule has 3 aromatic carbocycles. The minimum atomic E-state index is -0.993. The largest absolute Gasteiger partial charge is 0.490 e. The van der Waals surface area contributed by atoms with E-state index in [1.807, 2.05) is 62.4 Å². The number of carbonyl (C=O) groups is 1. The van der Waals surface area contributed by atoms with E-state index in [2.05, 4.69) is 6.07 Å². The summed E-state index contributed by atoms with van der Waals surface area (Å²) in [4.78, 5) is 10.9. The summed E-state index contributed by atoms with van der Waals surface area (Å²) in [7, 11) is 0. The van der Waals surface area contributed by atoms with Crippen molar-refractivity contribution in [2.24, 2.45) is 0 Å². The number of carboxylic acids is 1. The normalized spacial score (nSPS) is 11.0. The summed E-state index contributed by atoms with van der Waals surface area (Å²) < 4.78 is 11.7. The van der Waals surface area contributed by atoms with Gasteiger partial charge < -0.3 is 14.6 Å². The molecule has 138 valence electrons. The van der Waals surface area contributed by atoms with E-state index in [9.17, 15) is 4.79 Å². The zero-order valence-corrected chi connectivity index (χ0v) is 15.4. The van der Waals surface area contributed by atoms with Crippen LogP contribution < -0.4 is 9.47 Å². The first-order valence-corrected chi connectivity index (χ1v) is 8.80. The third-order valence-electron chi connectivity index (χ3n) is 4.25. The molecule has 0 amide bonds. The lowest BCUT2D eigenvalue weighted by Crippen LogP contribution is -2.10. The molecular formula is C23H22O4. The van der Waals surface area contributed by atoms with Gasteiger partial charge in [0.25, 0.3) is 0 Å². The molecule has 27 heavy (non-hydrogen) atoms. The van der Waals surface area contributed by atoms with Crippen LogP contribution in [0.3, 0.4) is 0 Å². The van der Waals surface area contributed by atoms with E-state index in [0.717, 1.165) is 33.7 Å². The summed E-state index contributed by atoms with van der Waals surface area (Å²) in [6.45, 7) is 4.82. The monoisotopic (exact) mass is 362 g/mol. The molecule has 4 nitrogen and oxygen atoms in total. The molecule has 1 N–H and O–H groups in total. The smallest absolute Gasteiger partial charge is 0.328 e. The lowest BCUT2D eigenvalue weighted by Gasteiger charge is -2.13. The Morgan fingerprint density at radius 1 is 0.963 bits per heavy atom. The van der Waals surface area contributed by atoms with Crippen LogP contribution in [-0.2, 0) is 4.79 Å². The second-order valence-electron chi connectivity index (χ2n) is 6.34. The van der Waals surface area contributed by atoms with Gasteiger partial charge in [-0.1, -0.05) is 48.0 Å². The van der Waals surface area contributed by atoms with Gasteiger partial charge in [0.05, 0.1) is 0 Å². The van der Waals surface area contributed by atoms with Crippen LogP contribution in [0.15, 0.2) is 60.7 Å². The van der Waals surface area contributed by atoms with E-state index >= 15 is 0 Å². The minimum absolute atomic E-state index is 0.361. The lowest BCUT2D eigenvalue weighted by atomic mass is 10.0. The lowest BCUT2D eigenvalue weighted by molar-refractivity contribution is -0.131. The fourth-order valence-electron chi connectivity index (χ4n) is 2.99. The molecule has 0 unspecified atom stereocenters. The Bertz CT molecular complexity index is 989. The number of fused-ring (bicyclic) bond motifs is 1. The number of aryl methyl sites for hydroxylation is 2. The maximum absolute atomic E-state index is 10.9. The molecule has 0 saturated carbocycles. The van der Waals surface area contributed by atoms with Crippen LogP contribution in [0.4, 0.5) is 0 Å². The van der Waals surface area contributed by atoms with Gasteiger partial charge in [0, 0.05) is 11.6 Å². The first-order valence-electron chi connectivity index (χ1n) is 8.80. The maximum Gasteiger partial charge on any atom is 0.328 e. The zero-order valence-electron chi connectivity index (χ0n) is 15.4. The Kier molecular flexibility index (Phi) is 5.77. The van der Waals surface area contributed by atoms with E-state index in [-0.39, 0.29) is 0 Å². The highest BCUT2D eigenvalue weighted by Crippen LogP contribution is 2.29. The summed E-state index contributed by atoms with van der Waals surface area (Å²) in [6, 6.07) is 17.7. The molecule has 0 aliphatic heterocycles. The van der Waals surface area contributed by atoms with Crippen LogP contribution >= 0.6 is 0 Å². The van der Waals surface area contributed by atoms with Crippen LogP contribution in [0.5, 0.6) is 11.5 Å². The summed E-state index contributed by atoms with van der Waals surface area (Å²) in [5.74, 6) is 0.483. The standard InChI is InChI=1S/C23H22O4/c1-16-7-10-21(17(2)15-16)26-13-14-27-22-11-8-18-5-3-4-6-19(18)20(22)9-12-23(24)25/h3-12,15H,13-14H2,1-2H3,(H,24,25). The number of hydrogen-bond donors (Lipinski definition) is 1. The second kappa shape index (κ2) is 8.41. The van der Waals surface area contributed by atoms with Crippen molar-refractivity contribution in [3.05, 3.63) is 77.4 Å². The fraction of sp³-hybridized carbons (Fsp3) is 0.174. The van der Waals surface area contributed by atoms with E-state index in [1.165, 1.54) is 5.56 Å². The number of ether oxygens (including phenoxy) is 2. The topological polar surface area (TPSA) is 55.8 Å². The van der Waals surface area contributed by atoms with Crippen LogP contribution in [0.25, 0.3) is 16.8 Å². The highest BCUT2D eigenvalue weighted by molar-refractivity contribution is 5.96. The van der Waals surface area contributed by atoms with Gasteiger partial charge in [-0.15, -0.1) is 0 Å². The highest BCUT2D eigenvalue weighted by Gasteiger charge is 2.07. The second-order valence-corrected chi connectivity index (χ2v) is 6.34. The quantitative estimate of drug-likeness (QED) is 0.474. The van der Waals surface area contributed by atoms with Crippen molar-refractivity contribution >= 4 is 22.8 Å². The zero-order chi connectivity index (χ0) is 19.2. The molecule has 0 bridgehead atoms. The van der Waals surface area contributed by atoms with Gasteiger partial charge in [0.1, 0.15) is 24.7 Å². The number of benzene rings is 3. The molecule has 0 fully saturated rings. The Morgan fingerprint density at radius 2 is 1.67 bits per heavy atom. The van der Waals surface area contributed by atoms with Gasteiger partial charge in [-0.25, -0.2) is 4.79 Å². The van der Waals surface area contributed by atoms with Crippen molar-refractivity contribution in [3.8, 4) is 11.5 Å². The Morgan fingerprint density at radius 3 is 2.41 bits per heavy atom. The maximum atomic E-state index is 10.9. The van der Waals surface area contributed by atoms with Crippen LogP contribution in [0, 0.1) is 13.8 Å². The average Bonchev–Trinajstić information content (AvgIpc) is 2.65. The van der Waals surface area contributed by atoms with Crippen LogP contribution in [-0.4, -0.2) is 24.3 Å². The minimum Gasteiger partial charge on any atom is -0.490 e. The van der Waals surface area contributed by atoms with Crippen molar-refractivity contribution in [2.75, 3.05) is 13.2 Å². The number of rotatable bonds is 7. The highest BCUT2D eigenvalue weighted by atomic mass is 16.5. The molecule has 3 aromatic rings. The molecule has 3 rings (SSSR count). The van der Waals surface area contributed by atoms with Gasteiger partial charge in [0.15, 0.2) is 0 Å². The van der Waals surface area contributed by atoms with Crippen LogP contribution in [0.1, 0.15) is 16.7 Å². The summed E-state index contributed by atoms with van der Waals surface area (Å²) in [5.41, 5.74) is 3.04. The molecule has 0 radical (unpaired) electrons. The van der Waals surface area contributed by atoms with Gasteiger partial charge in [-0.05, 0) is 48.4 Å². The molecule has 0 aliphatic rings. The first kappa shape index (κ1) is 18.5. The third kappa shape index (κ3) is 4.67. The molecule has 4 heteroatoms. The predicted octanol–water partition coefficient (Wildman–Crippen LogP) is 5.01. The van der Waals surface area contributed by atoms with Gasteiger partial charge in [0.2, 0.25) is 0 Å². The summed E-state index contributed by atoms with van der Waals surface area (Å²) in [6.07, 6.45) is 2.70. The van der Waals surface area contributed by atoms with Gasteiger partial charge in [-0.3, -0.25) is 0 Å². The van der Waals surface area contributed by atoms with Gasteiger partial charge in [-0.2, -0.15) is 0 Å². The Labute approximate surface area is 158 Å². The average molecular weight is 362 g/mol. The molecule has 0 atom stereocenters. The Balaban J connectivity index is 1.74. The first-order chi connectivity index (χ1) is 13.0. The molecule has 0 heterocycles. The molecule has 0 aliphatic carbocycles. The number of aliphatic carboxylic acids is 1. The van der Waals surface area contributed by atoms with Gasteiger partial charge >= 0.3 is 5.97 Å². The third-order valence-corrected chi connectivity index (χ3v) is 4.25. The summed E-state index contributed by atoms with van der Waals surface area (Å²) in [5, 5.41) is 11.0. The van der Waals surface area contributed by atoms with Crippen molar-refractivity contribution in [1.29, 1.82) is 0 Å². The van der Waals surface area contributed by atoms with E-state index in [1.54, 1.807) is 6.08 Å². The van der Waals surface area contributed by atoms with E-state index in [0.29, 0.717) is 19.0 Å². The summed E-state index contributed by atoms with van der Waals surface area (Å²) >= 11 is 0. The SMILES string of the molecule is Cc1ccc(OCCOc2ccc3ccccc3c2C=CC(=O)O)c(C)c1. The van der Waals surface area contributed by atoms with E-state index in [4.69, 9.17) is 14.6 Å². The predicted molar refractivity (Wildman–Crippen MR) is 108 cm³/mol. The van der Waals surface area contributed by atoms with E-state index < -0.39 is 5.97 Å². The molecular weight excluding hydrogens is 340 g/mol.